The van der Waals surface area contributed by atoms with Crippen LogP contribution >= 0.6 is 11.8 Å². The molecule has 2 saturated heterocycles. The van der Waals surface area contributed by atoms with Crippen molar-refractivity contribution in [1.82, 2.24) is 14.8 Å². The molecule has 0 bridgehead atoms. The van der Waals surface area contributed by atoms with E-state index < -0.39 is 41.4 Å². The zero-order valence-electron chi connectivity index (χ0n) is 22.9. The van der Waals surface area contributed by atoms with Crippen LogP contribution in [0.4, 0.5) is 4.79 Å². The fraction of sp³-hybridized carbons (Fsp3) is 0.517. The van der Waals surface area contributed by atoms with Crippen molar-refractivity contribution in [3.05, 3.63) is 53.8 Å². The summed E-state index contributed by atoms with van der Waals surface area (Å²) in [7, 11) is 1.60. The van der Waals surface area contributed by atoms with E-state index in [1.807, 2.05) is 31.2 Å². The van der Waals surface area contributed by atoms with Crippen LogP contribution in [0.1, 0.15) is 50.2 Å². The van der Waals surface area contributed by atoms with E-state index in [1.165, 1.54) is 22.9 Å². The predicted molar refractivity (Wildman–Crippen MR) is 148 cm³/mol. The molecule has 11 nitrogen and oxygen atoms in total. The maximum absolute atomic E-state index is 14.3. The monoisotopic (exact) mass is 583 g/mol. The molecule has 2 aromatic rings. The quantitative estimate of drug-likeness (QED) is 0.459. The highest BCUT2D eigenvalue weighted by molar-refractivity contribution is 8.09. The van der Waals surface area contributed by atoms with Crippen LogP contribution < -0.4 is 4.74 Å². The molecule has 1 aromatic carbocycles. The lowest BCUT2D eigenvalue weighted by molar-refractivity contribution is -0.153. The van der Waals surface area contributed by atoms with Crippen LogP contribution in [0.3, 0.4) is 0 Å². The van der Waals surface area contributed by atoms with Crippen molar-refractivity contribution >= 4 is 34.6 Å². The number of imide groups is 1. The number of urea groups is 1. The average Bonchev–Trinajstić information content (AvgIpc) is 3.60. The van der Waals surface area contributed by atoms with E-state index >= 15 is 0 Å². The second-order valence-corrected chi connectivity index (χ2v) is 11.9. The number of rotatable bonds is 9. The Bertz CT molecular complexity index is 1340. The molecule has 41 heavy (non-hydrogen) atoms. The fourth-order valence-electron chi connectivity index (χ4n) is 6.17. The summed E-state index contributed by atoms with van der Waals surface area (Å²) >= 11 is 1.37. The number of aliphatic carboxylic acids is 1. The van der Waals surface area contributed by atoms with E-state index in [4.69, 9.17) is 18.6 Å². The molecular formula is C29H33N3O8S. The van der Waals surface area contributed by atoms with Crippen molar-refractivity contribution in [2.24, 2.45) is 11.8 Å². The molecule has 0 radical (unpaired) electrons. The van der Waals surface area contributed by atoms with E-state index in [2.05, 4.69) is 4.98 Å². The summed E-state index contributed by atoms with van der Waals surface area (Å²) in [5.74, 6) is -1.81. The molecule has 6 rings (SSSR count). The number of carboxylic acids is 1. The highest BCUT2D eigenvalue weighted by Crippen LogP contribution is 2.52. The standard InChI is InChI=1S/C29H33N3O8S/c1-16-23-26(33)32(20-8-7-18(20)28(34)35)29(36)31(27(23)41-24(16)25-30-11-14-39-25)15-22(40-17-9-12-38-13-10-17)19-5-3-4-6-21(19)37-2/h3-6,11,14,17-18,20,22-23,27H,7-10,12-13,15H2,1-2H3,(H,34,35)/t18?,20?,22-,23?,27?/m0/s1. The van der Waals surface area contributed by atoms with Crippen LogP contribution in [0.2, 0.25) is 0 Å². The van der Waals surface area contributed by atoms with Crippen LogP contribution in [-0.2, 0) is 19.1 Å². The van der Waals surface area contributed by atoms with Crippen molar-refractivity contribution in [3.8, 4) is 5.75 Å². The van der Waals surface area contributed by atoms with Gasteiger partial charge in [-0.1, -0.05) is 30.0 Å². The number of hydrogen-bond acceptors (Lipinski definition) is 9. The van der Waals surface area contributed by atoms with Crippen LogP contribution in [0.5, 0.6) is 5.75 Å². The zero-order chi connectivity index (χ0) is 28.7. The third-order valence-corrected chi connectivity index (χ3v) is 10.00. The number of ether oxygens (including phenoxy) is 3. The van der Waals surface area contributed by atoms with Crippen LogP contribution in [0.25, 0.3) is 4.91 Å². The van der Waals surface area contributed by atoms with E-state index in [9.17, 15) is 19.5 Å². The Morgan fingerprint density at radius 3 is 2.63 bits per heavy atom. The lowest BCUT2D eigenvalue weighted by Crippen LogP contribution is -2.66. The molecule has 4 heterocycles. The van der Waals surface area contributed by atoms with Crippen molar-refractivity contribution in [2.75, 3.05) is 26.9 Å². The van der Waals surface area contributed by atoms with Gasteiger partial charge in [-0.15, -0.1) is 0 Å². The summed E-state index contributed by atoms with van der Waals surface area (Å²) in [4.78, 5) is 48.1. The zero-order valence-corrected chi connectivity index (χ0v) is 23.7. The van der Waals surface area contributed by atoms with Gasteiger partial charge in [-0.25, -0.2) is 9.78 Å². The summed E-state index contributed by atoms with van der Waals surface area (Å²) in [5.41, 5.74) is 1.54. The molecule has 1 aromatic heterocycles. The molecule has 12 heteroatoms. The smallest absolute Gasteiger partial charge is 0.328 e. The molecule has 0 spiro atoms. The van der Waals surface area contributed by atoms with Gasteiger partial charge >= 0.3 is 12.0 Å². The number of nitrogens with zero attached hydrogens (tertiary/aromatic N) is 3. The van der Waals surface area contributed by atoms with Gasteiger partial charge in [0.1, 0.15) is 18.1 Å². The predicted octanol–water partition coefficient (Wildman–Crippen LogP) is 4.17. The molecule has 1 aliphatic carbocycles. The normalized spacial score (nSPS) is 27.6. The Balaban J connectivity index is 1.38. The van der Waals surface area contributed by atoms with Gasteiger partial charge in [-0.3, -0.25) is 14.5 Å². The Hall–Kier alpha value is -3.35. The molecule has 4 aliphatic rings. The molecule has 218 valence electrons. The third-order valence-electron chi connectivity index (χ3n) is 8.50. The summed E-state index contributed by atoms with van der Waals surface area (Å²) in [6.45, 7) is 3.18. The highest BCUT2D eigenvalue weighted by Gasteiger charge is 2.57. The van der Waals surface area contributed by atoms with Gasteiger partial charge in [0.2, 0.25) is 11.8 Å². The van der Waals surface area contributed by atoms with Gasteiger partial charge in [-0.2, -0.15) is 0 Å². The van der Waals surface area contributed by atoms with Crippen LogP contribution in [-0.4, -0.2) is 82.2 Å². The number of thioether (sulfide) groups is 1. The van der Waals surface area contributed by atoms with Crippen molar-refractivity contribution in [3.63, 3.8) is 0 Å². The first-order valence-corrected chi connectivity index (χ1v) is 14.8. The largest absolute Gasteiger partial charge is 0.496 e. The number of carbonyl (C=O) groups excluding carboxylic acids is 2. The average molecular weight is 584 g/mol. The summed E-state index contributed by atoms with van der Waals surface area (Å²) in [5, 5.41) is 9.21. The molecule has 1 N–H and O–H groups in total. The minimum absolute atomic E-state index is 0.0749. The SMILES string of the molecule is COc1ccccc1[C@H](CN1C(=O)N(C2CCC2C(=O)O)C(=O)C2C(C)=C(c3ncco3)SC21)OC1CCOCC1. The first kappa shape index (κ1) is 27.8. The molecule has 5 atom stereocenters. The van der Waals surface area contributed by atoms with Crippen LogP contribution in [0.15, 0.2) is 46.7 Å². The summed E-state index contributed by atoms with van der Waals surface area (Å²) in [6, 6.07) is 6.36. The van der Waals surface area contributed by atoms with E-state index in [1.54, 1.807) is 18.2 Å². The van der Waals surface area contributed by atoms with Gasteiger partial charge in [0.15, 0.2) is 0 Å². The van der Waals surface area contributed by atoms with Gasteiger partial charge in [0.25, 0.3) is 0 Å². The number of carbonyl (C=O) groups is 3. The Morgan fingerprint density at radius 2 is 1.98 bits per heavy atom. The lowest BCUT2D eigenvalue weighted by Gasteiger charge is -2.49. The maximum Gasteiger partial charge on any atom is 0.328 e. The Morgan fingerprint density at radius 1 is 1.20 bits per heavy atom. The van der Waals surface area contributed by atoms with Crippen molar-refractivity contribution < 1.29 is 38.1 Å². The Labute approximate surface area is 241 Å². The topological polar surface area (TPSA) is 132 Å². The molecule has 3 fully saturated rings. The molecular weight excluding hydrogens is 550 g/mol. The third kappa shape index (κ3) is 5.02. The number of carboxylic acid groups (broad SMARTS) is 1. The number of methoxy groups -OCH3 is 1. The molecule has 1 saturated carbocycles. The summed E-state index contributed by atoms with van der Waals surface area (Å²) in [6.07, 6.45) is 4.71. The number of amides is 3. The van der Waals surface area contributed by atoms with E-state index in [0.717, 1.165) is 24.0 Å². The van der Waals surface area contributed by atoms with Gasteiger partial charge in [0, 0.05) is 18.8 Å². The van der Waals surface area contributed by atoms with Gasteiger partial charge in [0.05, 0.1) is 54.1 Å². The van der Waals surface area contributed by atoms with E-state index in [-0.39, 0.29) is 18.6 Å². The van der Waals surface area contributed by atoms with Gasteiger partial charge < -0.3 is 28.6 Å². The number of oxazole rings is 1. The van der Waals surface area contributed by atoms with Crippen molar-refractivity contribution in [1.29, 1.82) is 0 Å². The van der Waals surface area contributed by atoms with E-state index in [0.29, 0.717) is 42.6 Å². The Kier molecular flexibility index (Phi) is 7.80. The number of hydrogen-bond donors (Lipinski definition) is 1. The van der Waals surface area contributed by atoms with Crippen LogP contribution in [0, 0.1) is 11.8 Å². The summed E-state index contributed by atoms with van der Waals surface area (Å²) < 4.78 is 23.4. The molecule has 3 aliphatic heterocycles. The maximum atomic E-state index is 14.3. The second-order valence-electron chi connectivity index (χ2n) is 10.7. The van der Waals surface area contributed by atoms with Crippen molar-refractivity contribution in [2.45, 2.75) is 56.2 Å². The first-order valence-electron chi connectivity index (χ1n) is 13.9. The number of aromatic nitrogens is 1. The minimum Gasteiger partial charge on any atom is -0.496 e. The first-order chi connectivity index (χ1) is 19.9. The number of para-hydroxylation sites is 1. The lowest BCUT2D eigenvalue weighted by atomic mass is 9.77. The molecule has 3 amide bonds. The van der Waals surface area contributed by atoms with Gasteiger partial charge in [-0.05, 0) is 44.2 Å². The highest BCUT2D eigenvalue weighted by atomic mass is 32.2. The fourth-order valence-corrected chi connectivity index (χ4v) is 7.69. The number of benzene rings is 1. The second kappa shape index (κ2) is 11.5. The number of fused-ring (bicyclic) bond motifs is 1. The minimum atomic E-state index is -1.00. The molecule has 4 unspecified atom stereocenters.